The molecule has 2 aromatic rings. The number of ether oxygens (including phenoxy) is 3. The fourth-order valence-corrected chi connectivity index (χ4v) is 5.37. The fourth-order valence-electron chi connectivity index (χ4n) is 5.37. The van der Waals surface area contributed by atoms with Crippen LogP contribution in [-0.2, 0) is 25.4 Å². The van der Waals surface area contributed by atoms with Crippen LogP contribution in [0.3, 0.4) is 0 Å². The van der Waals surface area contributed by atoms with Gasteiger partial charge in [-0.2, -0.15) is 0 Å². The Morgan fingerprint density at radius 2 is 1.80 bits per heavy atom. The lowest BCUT2D eigenvalue weighted by Crippen LogP contribution is -2.60. The zero-order valence-corrected chi connectivity index (χ0v) is 22.4. The van der Waals surface area contributed by atoms with Gasteiger partial charge in [-0.1, -0.05) is 19.1 Å². The summed E-state index contributed by atoms with van der Waals surface area (Å²) in [5, 5.41) is 60.0. The number of carbonyl (C=O) groups excluding carboxylic acids is 2. The number of phenols is 2. The van der Waals surface area contributed by atoms with Gasteiger partial charge in [0.25, 0.3) is 0 Å². The smallest absolute Gasteiger partial charge is 0.331 e. The third-order valence-corrected chi connectivity index (χ3v) is 7.51. The van der Waals surface area contributed by atoms with Gasteiger partial charge in [-0.25, -0.2) is 4.79 Å². The maximum Gasteiger partial charge on any atom is 0.331 e. The summed E-state index contributed by atoms with van der Waals surface area (Å²) in [6.07, 6.45) is -5.58. The number of hydrogen-bond acceptors (Lipinski definition) is 11. The molecule has 2 aromatic carbocycles. The van der Waals surface area contributed by atoms with Crippen LogP contribution in [0.1, 0.15) is 51.2 Å². The molecule has 1 heterocycles. The Morgan fingerprint density at radius 3 is 2.45 bits per heavy atom. The van der Waals surface area contributed by atoms with E-state index in [0.29, 0.717) is 23.1 Å². The van der Waals surface area contributed by atoms with E-state index in [1.54, 1.807) is 6.92 Å². The Bertz CT molecular complexity index is 1300. The molecular formula is C29H34O11. The predicted octanol–water partition coefficient (Wildman–Crippen LogP) is 1.20. The van der Waals surface area contributed by atoms with Gasteiger partial charge in [-0.05, 0) is 66.3 Å². The second kappa shape index (κ2) is 12.0. The molecule has 1 aliphatic carbocycles. The summed E-state index contributed by atoms with van der Waals surface area (Å²) in [6, 6.07) is 5.73. The van der Waals surface area contributed by atoms with Crippen molar-refractivity contribution in [2.75, 3.05) is 13.2 Å². The molecule has 216 valence electrons. The van der Waals surface area contributed by atoms with Crippen molar-refractivity contribution in [2.45, 2.75) is 64.0 Å². The number of aryl methyl sites for hydroxylation is 1. The van der Waals surface area contributed by atoms with Gasteiger partial charge in [0, 0.05) is 18.2 Å². The van der Waals surface area contributed by atoms with Gasteiger partial charge in [-0.3, -0.25) is 4.79 Å². The molecule has 0 aromatic heterocycles. The summed E-state index contributed by atoms with van der Waals surface area (Å²) in [7, 11) is 0. The first-order valence-corrected chi connectivity index (χ1v) is 12.9. The standard InChI is InChI=1S/C29H34O11/c1-13-10-18-23(14(2)17(13)8-9-30)24(35)15(3)27(18)40-29-26(37)25(36)28(21(12-31)38-29)39-22(34)7-5-16-4-6-19(32)20(33)11-16/h4-7,10-11,15,21,25-33,36-37H,8-9,12H2,1-3H3/b7-5+/t15-,21-,25-,26-,27+,28-,29+/m1/s1. The largest absolute Gasteiger partial charge is 0.504 e. The van der Waals surface area contributed by atoms with Crippen LogP contribution < -0.4 is 0 Å². The maximum absolute atomic E-state index is 13.2. The lowest BCUT2D eigenvalue weighted by atomic mass is 9.92. The zero-order valence-electron chi connectivity index (χ0n) is 22.4. The first kappa shape index (κ1) is 29.7. The van der Waals surface area contributed by atoms with Crippen molar-refractivity contribution in [2.24, 2.45) is 5.92 Å². The monoisotopic (exact) mass is 558 g/mol. The van der Waals surface area contributed by atoms with E-state index in [9.17, 15) is 40.2 Å². The number of esters is 1. The molecule has 11 nitrogen and oxygen atoms in total. The van der Waals surface area contributed by atoms with Gasteiger partial charge in [0.1, 0.15) is 18.3 Å². The average molecular weight is 559 g/mol. The average Bonchev–Trinajstić information content (AvgIpc) is 3.15. The van der Waals surface area contributed by atoms with Gasteiger partial charge in [0.2, 0.25) is 0 Å². The number of hydrogen-bond donors (Lipinski definition) is 6. The van der Waals surface area contributed by atoms with Gasteiger partial charge in [0.05, 0.1) is 18.6 Å². The van der Waals surface area contributed by atoms with Crippen LogP contribution in [0.15, 0.2) is 30.3 Å². The molecule has 4 rings (SSSR count). The van der Waals surface area contributed by atoms with Crippen molar-refractivity contribution in [1.82, 2.24) is 0 Å². The quantitative estimate of drug-likeness (QED) is 0.156. The number of ketones is 1. The highest BCUT2D eigenvalue weighted by atomic mass is 16.7. The molecule has 6 N–H and O–H groups in total. The first-order chi connectivity index (χ1) is 19.0. The minimum absolute atomic E-state index is 0.0609. The molecule has 1 aliphatic heterocycles. The molecule has 0 spiro atoms. The Balaban J connectivity index is 1.49. The molecule has 1 fully saturated rings. The summed E-state index contributed by atoms with van der Waals surface area (Å²) in [6.45, 7) is 4.65. The molecular weight excluding hydrogens is 524 g/mol. The lowest BCUT2D eigenvalue weighted by Gasteiger charge is -2.42. The zero-order chi connectivity index (χ0) is 29.3. The fraction of sp³-hybridized carbons (Fsp3) is 0.448. The Morgan fingerprint density at radius 1 is 1.07 bits per heavy atom. The van der Waals surface area contributed by atoms with Crippen LogP contribution >= 0.6 is 0 Å². The highest BCUT2D eigenvalue weighted by Crippen LogP contribution is 2.43. The van der Waals surface area contributed by atoms with E-state index < -0.39 is 55.3 Å². The van der Waals surface area contributed by atoms with Crippen LogP contribution in [0.5, 0.6) is 11.5 Å². The normalized spacial score (nSPS) is 28.2. The van der Waals surface area contributed by atoms with Crippen molar-refractivity contribution in [3.63, 3.8) is 0 Å². The second-order valence-corrected chi connectivity index (χ2v) is 10.1. The number of aromatic hydroxyl groups is 2. The third-order valence-electron chi connectivity index (χ3n) is 7.51. The molecule has 11 heteroatoms. The van der Waals surface area contributed by atoms with E-state index in [1.807, 2.05) is 19.9 Å². The molecule has 2 aliphatic rings. The highest BCUT2D eigenvalue weighted by Gasteiger charge is 2.50. The maximum atomic E-state index is 13.2. The van der Waals surface area contributed by atoms with Crippen LogP contribution in [0.25, 0.3) is 6.08 Å². The van der Waals surface area contributed by atoms with Crippen molar-refractivity contribution in [3.8, 4) is 11.5 Å². The van der Waals surface area contributed by atoms with Crippen molar-refractivity contribution >= 4 is 17.8 Å². The van der Waals surface area contributed by atoms with E-state index >= 15 is 0 Å². The first-order valence-electron chi connectivity index (χ1n) is 12.9. The van der Waals surface area contributed by atoms with E-state index in [1.165, 1.54) is 24.3 Å². The Kier molecular flexibility index (Phi) is 8.93. The van der Waals surface area contributed by atoms with E-state index in [2.05, 4.69) is 0 Å². The molecule has 7 atom stereocenters. The molecule has 0 radical (unpaired) electrons. The lowest BCUT2D eigenvalue weighted by molar-refractivity contribution is -0.315. The summed E-state index contributed by atoms with van der Waals surface area (Å²) in [5.74, 6) is -2.40. The molecule has 0 unspecified atom stereocenters. The van der Waals surface area contributed by atoms with Crippen LogP contribution in [0.4, 0.5) is 0 Å². The molecule has 0 bridgehead atoms. The Hall–Kier alpha value is -3.32. The minimum Gasteiger partial charge on any atom is -0.504 e. The molecule has 40 heavy (non-hydrogen) atoms. The number of benzene rings is 2. The summed E-state index contributed by atoms with van der Waals surface area (Å²) in [4.78, 5) is 25.6. The number of aliphatic hydroxyl groups excluding tert-OH is 4. The number of phenolic OH excluding ortho intramolecular Hbond substituents is 2. The molecule has 0 amide bonds. The van der Waals surface area contributed by atoms with E-state index in [-0.39, 0.29) is 23.9 Å². The Labute approximate surface area is 230 Å². The van der Waals surface area contributed by atoms with E-state index in [4.69, 9.17) is 14.2 Å². The highest BCUT2D eigenvalue weighted by molar-refractivity contribution is 6.04. The van der Waals surface area contributed by atoms with E-state index in [0.717, 1.165) is 22.8 Å². The van der Waals surface area contributed by atoms with Gasteiger partial charge in [-0.15, -0.1) is 0 Å². The number of carbonyl (C=O) groups is 2. The summed E-state index contributed by atoms with van der Waals surface area (Å²) >= 11 is 0. The summed E-state index contributed by atoms with van der Waals surface area (Å²) in [5.41, 5.74) is 4.01. The molecule has 0 saturated carbocycles. The molecule has 1 saturated heterocycles. The number of aliphatic hydroxyl groups is 4. The van der Waals surface area contributed by atoms with Gasteiger partial charge in [0.15, 0.2) is 29.7 Å². The predicted molar refractivity (Wildman–Crippen MR) is 140 cm³/mol. The van der Waals surface area contributed by atoms with Crippen molar-refractivity contribution < 1.29 is 54.4 Å². The number of Topliss-reactive ketones (excluding diaryl/α,β-unsaturated/α-hetero) is 1. The van der Waals surface area contributed by atoms with Gasteiger partial charge >= 0.3 is 5.97 Å². The third kappa shape index (κ3) is 5.62. The SMILES string of the molecule is Cc1cc2c(c(C)c1CCO)C(=O)[C@@H](C)[C@@H]2O[C@@H]1O[C@H](CO)[C@@H](OC(=O)/C=C/c2ccc(O)c(O)c2)[C@H](O)[C@H]1O. The summed E-state index contributed by atoms with van der Waals surface area (Å²) < 4.78 is 17.0. The topological polar surface area (TPSA) is 183 Å². The van der Waals surface area contributed by atoms with Crippen LogP contribution in [0.2, 0.25) is 0 Å². The van der Waals surface area contributed by atoms with Crippen molar-refractivity contribution in [1.29, 1.82) is 0 Å². The minimum atomic E-state index is -1.69. The number of fused-ring (bicyclic) bond motifs is 1. The second-order valence-electron chi connectivity index (χ2n) is 10.1. The van der Waals surface area contributed by atoms with Gasteiger partial charge < -0.3 is 44.8 Å². The van der Waals surface area contributed by atoms with Crippen molar-refractivity contribution in [3.05, 3.63) is 63.7 Å². The number of rotatable bonds is 8. The van der Waals surface area contributed by atoms with Crippen LogP contribution in [-0.4, -0.2) is 86.3 Å². The van der Waals surface area contributed by atoms with Crippen LogP contribution in [0, 0.1) is 19.8 Å².